The van der Waals surface area contributed by atoms with Gasteiger partial charge in [-0.2, -0.15) is 0 Å². The predicted molar refractivity (Wildman–Crippen MR) is 594 cm³/mol. The van der Waals surface area contributed by atoms with Crippen molar-refractivity contribution in [1.29, 1.82) is 0 Å². The Labute approximate surface area is 800 Å². The quantitative estimate of drug-likeness (QED) is 0.0946. The molecule has 638 valence electrons. The number of hydrogen-bond acceptors (Lipinski definition) is 0. The van der Waals surface area contributed by atoms with E-state index in [1.807, 2.05) is 0 Å². The lowest BCUT2D eigenvalue weighted by Crippen LogP contribution is -1.93. The molecule has 0 heterocycles. The zero-order valence-electron chi connectivity index (χ0n) is 75.7. The molecule has 0 spiro atoms. The second-order valence-electron chi connectivity index (χ2n) is 36.9. The molecule has 0 atom stereocenters. The van der Waals surface area contributed by atoms with E-state index < -0.39 is 0 Å². The lowest BCUT2D eigenvalue weighted by molar-refractivity contribution is 1.61. The molecule has 0 unspecified atom stereocenters. The van der Waals surface area contributed by atoms with Crippen molar-refractivity contribution in [2.24, 2.45) is 0 Å². The summed E-state index contributed by atoms with van der Waals surface area (Å²) < 4.78 is 0. The van der Waals surface area contributed by atoms with Gasteiger partial charge in [0.25, 0.3) is 0 Å². The van der Waals surface area contributed by atoms with Gasteiger partial charge < -0.3 is 0 Å². The Morgan fingerprint density at radius 3 is 0.754 bits per heavy atom. The van der Waals surface area contributed by atoms with Crippen LogP contribution in [0.25, 0.3) is 284 Å². The SMILES string of the molecule is c1ccc(-c2c3ccccc3c(-c3cc(-c4ccc(-c5cccc6ccccc56)cc4)cc4ccccc34)c3ccccc23)cc1.c1ccc(-c2cc(-c3c4ccccc4c(-c4ccc5c(c4)-c4cccc6cccc-5c46)c4ccccc34)c3ccccc3c2)cc1.c1ccc(-c2cc(-c3c4ccccc4c(-c4ccc5ccc6cccc7ccc4c5c67)c4ccccc34)c3ccccc3c2)cc1. The molecule has 28 aromatic carbocycles. The van der Waals surface area contributed by atoms with Crippen LogP contribution in [0.5, 0.6) is 0 Å². The van der Waals surface area contributed by atoms with Crippen molar-refractivity contribution in [2.75, 3.05) is 0 Å². The molecule has 0 aromatic heterocycles. The van der Waals surface area contributed by atoms with Crippen LogP contribution in [0, 0.1) is 0 Å². The zero-order chi connectivity index (χ0) is 90.8. The third-order valence-corrected chi connectivity index (χ3v) is 29.4. The minimum atomic E-state index is 1.21. The molecule has 0 N–H and O–H groups in total. The molecule has 0 amide bonds. The van der Waals surface area contributed by atoms with Gasteiger partial charge in [-0.15, -0.1) is 0 Å². The molecule has 0 saturated heterocycles. The van der Waals surface area contributed by atoms with E-state index in [1.165, 1.54) is 284 Å². The minimum Gasteiger partial charge on any atom is -0.0622 e. The normalized spacial score (nSPS) is 11.8. The fraction of sp³-hybridized carbons (Fsp3) is 0. The van der Waals surface area contributed by atoms with Crippen molar-refractivity contribution in [3.63, 3.8) is 0 Å². The Morgan fingerprint density at radius 2 is 0.333 bits per heavy atom. The molecule has 29 rings (SSSR count). The first-order valence-corrected chi connectivity index (χ1v) is 48.0. The molecular weight excluding hydrogens is 1660 g/mol. The van der Waals surface area contributed by atoms with Gasteiger partial charge in [-0.1, -0.05) is 479 Å². The van der Waals surface area contributed by atoms with E-state index in [4.69, 9.17) is 0 Å². The Hall–Kier alpha value is -17.9. The molecule has 0 fully saturated rings. The molecule has 1 aliphatic carbocycles. The van der Waals surface area contributed by atoms with Gasteiger partial charge >= 0.3 is 0 Å². The predicted octanol–water partition coefficient (Wildman–Crippen LogP) is 39.0. The molecule has 0 nitrogen and oxygen atoms in total. The average molecular weight is 1740 g/mol. The van der Waals surface area contributed by atoms with Gasteiger partial charge in [0.15, 0.2) is 0 Å². The summed E-state index contributed by atoms with van der Waals surface area (Å²) in [4.78, 5) is 0. The van der Waals surface area contributed by atoms with Crippen LogP contribution in [0.2, 0.25) is 0 Å². The van der Waals surface area contributed by atoms with Gasteiger partial charge in [0, 0.05) is 0 Å². The van der Waals surface area contributed by atoms with Crippen LogP contribution >= 0.6 is 0 Å². The molecule has 0 bridgehead atoms. The van der Waals surface area contributed by atoms with E-state index in [2.05, 4.69) is 522 Å². The Bertz CT molecular complexity index is 9600. The van der Waals surface area contributed by atoms with Crippen molar-refractivity contribution < 1.29 is 0 Å². The maximum atomic E-state index is 2.43. The summed E-state index contributed by atoms with van der Waals surface area (Å²) in [7, 11) is 0. The summed E-state index contributed by atoms with van der Waals surface area (Å²) >= 11 is 0. The highest BCUT2D eigenvalue weighted by atomic mass is 14.3. The number of fused-ring (bicyclic) bond motifs is 13. The molecular formula is C138H86. The molecule has 138 heavy (non-hydrogen) atoms. The first kappa shape index (κ1) is 79.8. The molecule has 0 radical (unpaired) electrons. The lowest BCUT2D eigenvalue weighted by Gasteiger charge is -2.21. The first-order chi connectivity index (χ1) is 68.5. The van der Waals surface area contributed by atoms with Gasteiger partial charge in [-0.25, -0.2) is 0 Å². The van der Waals surface area contributed by atoms with E-state index in [0.29, 0.717) is 0 Å². The number of rotatable bonds is 10. The summed E-state index contributed by atoms with van der Waals surface area (Å²) in [5.74, 6) is 0. The fourth-order valence-corrected chi connectivity index (χ4v) is 23.3. The highest BCUT2D eigenvalue weighted by molar-refractivity contribution is 6.32. The Morgan fingerprint density at radius 1 is 0.0797 bits per heavy atom. The second-order valence-corrected chi connectivity index (χ2v) is 36.9. The molecule has 0 saturated carbocycles. The monoisotopic (exact) mass is 1740 g/mol. The molecule has 28 aromatic rings. The van der Waals surface area contributed by atoms with Crippen molar-refractivity contribution in [1.82, 2.24) is 0 Å². The summed E-state index contributed by atoms with van der Waals surface area (Å²) in [5.41, 5.74) is 30.5. The summed E-state index contributed by atoms with van der Waals surface area (Å²) in [5, 5.41) is 36.0. The fourth-order valence-electron chi connectivity index (χ4n) is 23.3. The van der Waals surface area contributed by atoms with E-state index >= 15 is 0 Å². The van der Waals surface area contributed by atoms with Crippen molar-refractivity contribution in [3.05, 3.63) is 522 Å². The van der Waals surface area contributed by atoms with Crippen LogP contribution in [0.3, 0.4) is 0 Å². The number of benzene rings is 28. The topological polar surface area (TPSA) is 0 Å². The summed E-state index contributed by atoms with van der Waals surface area (Å²) in [6.45, 7) is 0. The first-order valence-electron chi connectivity index (χ1n) is 48.0. The number of hydrogen-bond donors (Lipinski definition) is 0. The molecule has 0 heteroatoms. The Kier molecular flexibility index (Phi) is 19.1. The third-order valence-electron chi connectivity index (χ3n) is 29.4. The standard InChI is InChI=1S/2C46H28.C46H30/c1-2-12-29(13-3-1)33-26-31-14-4-5-17-34(31)43(28-33)46-39-20-8-6-18-37(39)45(38-19-7-9-21-40(38)46)32-24-25-35-36-22-10-15-30-16-11-23-41(44(30)36)42(35)27-32;1-2-11-29(12-3-1)34-27-33-13-4-5-16-35(33)42(28-34)46-38-19-8-6-17-36(38)45(37-18-7-9-20-39(37)46)41-26-24-32-22-21-30-14-10-15-31-23-25-40(41)44(32)43(30)31;1-2-14-34(15-3-1)45-40-20-8-10-22-42(40)46(43-23-11-9-21-41(43)45)44-30-36(29-35-16-5-7-19-39(35)44)31-25-27-33(28-26-31)38-24-12-17-32-13-4-6-18-37(32)38/h2*1-28H;1-30H. The minimum absolute atomic E-state index is 1.21. The second kappa shape index (κ2) is 33.1. The van der Waals surface area contributed by atoms with Crippen molar-refractivity contribution in [3.8, 4) is 134 Å². The van der Waals surface area contributed by atoms with Gasteiger partial charge in [-0.3, -0.25) is 0 Å². The van der Waals surface area contributed by atoms with Crippen LogP contribution in [0.1, 0.15) is 0 Å². The van der Waals surface area contributed by atoms with E-state index in [-0.39, 0.29) is 0 Å². The van der Waals surface area contributed by atoms with Crippen LogP contribution in [-0.4, -0.2) is 0 Å². The van der Waals surface area contributed by atoms with Crippen molar-refractivity contribution in [2.45, 2.75) is 0 Å². The highest BCUT2D eigenvalue weighted by Crippen LogP contribution is 2.55. The van der Waals surface area contributed by atoms with Gasteiger partial charge in [0.05, 0.1) is 0 Å². The van der Waals surface area contributed by atoms with E-state index in [9.17, 15) is 0 Å². The maximum Gasteiger partial charge on any atom is -0.00199 e. The van der Waals surface area contributed by atoms with Crippen LogP contribution in [-0.2, 0) is 0 Å². The zero-order valence-corrected chi connectivity index (χ0v) is 75.7. The van der Waals surface area contributed by atoms with E-state index in [1.54, 1.807) is 0 Å². The van der Waals surface area contributed by atoms with Crippen molar-refractivity contribution >= 4 is 151 Å². The maximum absolute atomic E-state index is 2.43. The van der Waals surface area contributed by atoms with Gasteiger partial charge in [0.1, 0.15) is 0 Å². The Balaban J connectivity index is 0.000000104. The smallest absolute Gasteiger partial charge is 0.00199 e. The van der Waals surface area contributed by atoms with Gasteiger partial charge in [-0.05, 0) is 327 Å². The summed E-state index contributed by atoms with van der Waals surface area (Å²) in [6, 6.07) is 192. The van der Waals surface area contributed by atoms with Crippen LogP contribution in [0.4, 0.5) is 0 Å². The average Bonchev–Trinajstić information content (AvgIpc) is 1.60. The molecule has 1 aliphatic rings. The van der Waals surface area contributed by atoms with E-state index in [0.717, 1.165) is 0 Å². The van der Waals surface area contributed by atoms with Crippen LogP contribution < -0.4 is 0 Å². The largest absolute Gasteiger partial charge is 0.0622 e. The highest BCUT2D eigenvalue weighted by Gasteiger charge is 2.28. The third kappa shape index (κ3) is 13.2. The lowest BCUT2D eigenvalue weighted by atomic mass is 9.82. The molecule has 0 aliphatic heterocycles. The van der Waals surface area contributed by atoms with Crippen LogP contribution in [0.15, 0.2) is 522 Å². The summed E-state index contributed by atoms with van der Waals surface area (Å²) in [6.07, 6.45) is 0. The van der Waals surface area contributed by atoms with Gasteiger partial charge in [0.2, 0.25) is 0 Å².